The van der Waals surface area contributed by atoms with E-state index in [4.69, 9.17) is 10.5 Å². The summed E-state index contributed by atoms with van der Waals surface area (Å²) in [6.07, 6.45) is 0.152. The van der Waals surface area contributed by atoms with Crippen LogP contribution < -0.4 is 15.8 Å². The molecule has 2 aromatic carbocycles. The molecule has 12 heteroatoms. The maximum Gasteiger partial charge on any atom is 0.414 e. The molecule has 1 fully saturated rings. The molecular formula is C23H28N4O7S. The number of anilines is 1. The van der Waals surface area contributed by atoms with Gasteiger partial charge in [-0.3, -0.25) is 4.79 Å². The van der Waals surface area contributed by atoms with Crippen LogP contribution >= 0.6 is 0 Å². The lowest BCUT2D eigenvalue weighted by Crippen LogP contribution is -2.51. The Morgan fingerprint density at radius 2 is 1.77 bits per heavy atom. The summed E-state index contributed by atoms with van der Waals surface area (Å²) in [5, 5.41) is 12.1. The lowest BCUT2D eigenvalue weighted by molar-refractivity contribution is -0.142. The number of benzene rings is 2. The van der Waals surface area contributed by atoms with Crippen LogP contribution in [0.5, 0.6) is 5.75 Å². The number of carbonyl (C=O) groups is 3. The minimum atomic E-state index is -3.96. The van der Waals surface area contributed by atoms with Gasteiger partial charge in [0.1, 0.15) is 17.8 Å². The van der Waals surface area contributed by atoms with E-state index in [1.807, 2.05) is 0 Å². The first-order chi connectivity index (χ1) is 16.5. The molecule has 1 saturated heterocycles. The maximum atomic E-state index is 13.1. The van der Waals surface area contributed by atoms with E-state index < -0.39 is 40.1 Å². The summed E-state index contributed by atoms with van der Waals surface area (Å²) in [5.74, 6) is -1.64. The molecule has 11 nitrogen and oxygen atoms in total. The zero-order valence-corrected chi connectivity index (χ0v) is 20.2. The van der Waals surface area contributed by atoms with Crippen LogP contribution in [0.25, 0.3) is 0 Å². The van der Waals surface area contributed by atoms with Crippen LogP contribution in [0.2, 0.25) is 0 Å². The summed E-state index contributed by atoms with van der Waals surface area (Å²) in [7, 11) is -0.871. The number of ether oxygens (including phenoxy) is 1. The third kappa shape index (κ3) is 6.28. The number of aliphatic carboxylic acids is 1. The summed E-state index contributed by atoms with van der Waals surface area (Å²) < 4.78 is 32.4. The van der Waals surface area contributed by atoms with Gasteiger partial charge in [-0.05, 0) is 54.8 Å². The highest BCUT2D eigenvalue weighted by Gasteiger charge is 2.40. The topological polar surface area (TPSA) is 159 Å². The Balaban J connectivity index is 1.69. The number of nitrogens with zero attached hydrogens (tertiary/aromatic N) is 2. The number of amides is 2. The highest BCUT2D eigenvalue weighted by molar-refractivity contribution is 7.89. The van der Waals surface area contributed by atoms with Crippen molar-refractivity contribution in [3.05, 3.63) is 54.1 Å². The molecule has 35 heavy (non-hydrogen) atoms. The largest absolute Gasteiger partial charge is 0.480 e. The number of nitrogens with two attached hydrogens (primary N) is 1. The number of carbonyl (C=O) groups excluding carboxylic acids is 2. The number of nitrogens with one attached hydrogen (secondary N) is 1. The number of nitrogen functional groups attached to an aromatic ring is 1. The van der Waals surface area contributed by atoms with Crippen molar-refractivity contribution in [3.63, 3.8) is 0 Å². The summed E-state index contributed by atoms with van der Waals surface area (Å²) in [6, 6.07) is 9.60. The molecule has 4 N–H and O–H groups in total. The fourth-order valence-electron chi connectivity index (χ4n) is 3.65. The quantitative estimate of drug-likeness (QED) is 0.454. The Labute approximate surface area is 203 Å². The first-order valence-corrected chi connectivity index (χ1v) is 12.3. The Kier molecular flexibility index (Phi) is 7.97. The predicted molar refractivity (Wildman–Crippen MR) is 127 cm³/mol. The van der Waals surface area contributed by atoms with E-state index in [1.165, 1.54) is 41.3 Å². The van der Waals surface area contributed by atoms with Gasteiger partial charge in [0.25, 0.3) is 0 Å². The molecule has 1 aliphatic rings. The van der Waals surface area contributed by atoms with Crippen LogP contribution in [-0.4, -0.2) is 73.4 Å². The van der Waals surface area contributed by atoms with Crippen molar-refractivity contribution in [2.45, 2.75) is 36.2 Å². The molecule has 0 aromatic heterocycles. The van der Waals surface area contributed by atoms with E-state index >= 15 is 0 Å². The average Bonchev–Trinajstić information content (AvgIpc) is 3.31. The van der Waals surface area contributed by atoms with E-state index in [9.17, 15) is 27.9 Å². The SMILES string of the molecule is CN(C)C(=O)Oc1ccc(C[C@H](NC(=O)[C@@H]2CCCN2S(=O)(=O)c2ccc(N)cc2)C(=O)O)cc1. The van der Waals surface area contributed by atoms with Crippen LogP contribution in [0, 0.1) is 0 Å². The predicted octanol–water partition coefficient (Wildman–Crippen LogP) is 1.29. The minimum Gasteiger partial charge on any atom is -0.480 e. The van der Waals surface area contributed by atoms with Crippen molar-refractivity contribution in [1.82, 2.24) is 14.5 Å². The molecule has 2 amide bonds. The molecule has 0 unspecified atom stereocenters. The molecule has 2 aromatic rings. The first-order valence-electron chi connectivity index (χ1n) is 10.9. The van der Waals surface area contributed by atoms with Crippen molar-refractivity contribution >= 4 is 33.7 Å². The molecule has 0 saturated carbocycles. The van der Waals surface area contributed by atoms with Crippen LogP contribution in [0.4, 0.5) is 10.5 Å². The highest BCUT2D eigenvalue weighted by Crippen LogP contribution is 2.27. The fraction of sp³-hybridized carbons (Fsp3) is 0.348. The van der Waals surface area contributed by atoms with E-state index in [-0.39, 0.29) is 30.0 Å². The van der Waals surface area contributed by atoms with Gasteiger partial charge in [-0.15, -0.1) is 0 Å². The second kappa shape index (κ2) is 10.7. The van der Waals surface area contributed by atoms with Gasteiger partial charge in [-0.25, -0.2) is 18.0 Å². The lowest BCUT2D eigenvalue weighted by atomic mass is 10.1. The monoisotopic (exact) mass is 504 g/mol. The Hall–Kier alpha value is -3.64. The molecule has 0 spiro atoms. The molecular weight excluding hydrogens is 476 g/mol. The van der Waals surface area contributed by atoms with Crippen LogP contribution in [0.1, 0.15) is 18.4 Å². The number of carboxylic acid groups (broad SMARTS) is 1. The number of sulfonamides is 1. The van der Waals surface area contributed by atoms with Crippen LogP contribution in [0.3, 0.4) is 0 Å². The zero-order chi connectivity index (χ0) is 25.8. The number of rotatable bonds is 8. The average molecular weight is 505 g/mol. The Morgan fingerprint density at radius 1 is 1.14 bits per heavy atom. The van der Waals surface area contributed by atoms with Crippen molar-refractivity contribution in [1.29, 1.82) is 0 Å². The fourth-order valence-corrected chi connectivity index (χ4v) is 5.31. The summed E-state index contributed by atoms with van der Waals surface area (Å²) in [6.45, 7) is 0.148. The third-order valence-electron chi connectivity index (χ3n) is 5.54. The lowest BCUT2D eigenvalue weighted by Gasteiger charge is -2.25. The van der Waals surface area contributed by atoms with Gasteiger partial charge in [0, 0.05) is 32.7 Å². The molecule has 0 radical (unpaired) electrons. The van der Waals surface area contributed by atoms with Gasteiger partial charge in [0.2, 0.25) is 15.9 Å². The molecule has 1 aliphatic heterocycles. The third-order valence-corrected chi connectivity index (χ3v) is 7.46. The zero-order valence-electron chi connectivity index (χ0n) is 19.4. The van der Waals surface area contributed by atoms with Gasteiger partial charge in [-0.2, -0.15) is 4.31 Å². The molecule has 2 atom stereocenters. The van der Waals surface area contributed by atoms with Gasteiger partial charge in [0.05, 0.1) is 4.90 Å². The summed E-state index contributed by atoms with van der Waals surface area (Å²) in [5.41, 5.74) is 6.63. The standard InChI is InChI=1S/C23H28N4O7S/c1-26(2)23(31)34-17-9-5-15(6-10-17)14-19(22(29)30)25-21(28)20-4-3-13-27(20)35(32,33)18-11-7-16(24)8-12-18/h5-12,19-20H,3-4,13-14,24H2,1-2H3,(H,25,28)(H,29,30)/t19-,20-/m0/s1. The van der Waals surface area contributed by atoms with Crippen molar-refractivity contribution in [3.8, 4) is 5.75 Å². The van der Waals surface area contributed by atoms with Crippen LogP contribution in [-0.2, 0) is 26.0 Å². The molecule has 0 bridgehead atoms. The Morgan fingerprint density at radius 3 is 2.34 bits per heavy atom. The summed E-state index contributed by atoms with van der Waals surface area (Å²) >= 11 is 0. The van der Waals surface area contributed by atoms with Crippen molar-refractivity contribution < 1.29 is 32.6 Å². The van der Waals surface area contributed by atoms with Crippen molar-refractivity contribution in [2.75, 3.05) is 26.4 Å². The number of carboxylic acids is 1. The van der Waals surface area contributed by atoms with Gasteiger partial charge in [-0.1, -0.05) is 12.1 Å². The van der Waals surface area contributed by atoms with Gasteiger partial charge in [0.15, 0.2) is 0 Å². The Bertz CT molecular complexity index is 1180. The van der Waals surface area contributed by atoms with Gasteiger partial charge < -0.3 is 25.8 Å². The van der Waals surface area contributed by atoms with E-state index in [0.29, 0.717) is 17.7 Å². The maximum absolute atomic E-state index is 13.1. The first kappa shape index (κ1) is 26.0. The molecule has 1 heterocycles. The number of hydrogen-bond donors (Lipinski definition) is 3. The molecule has 188 valence electrons. The normalized spacial score (nSPS) is 16.9. The minimum absolute atomic E-state index is 0.0104. The second-order valence-corrected chi connectivity index (χ2v) is 10.2. The molecule has 3 rings (SSSR count). The molecule has 0 aliphatic carbocycles. The van der Waals surface area contributed by atoms with Crippen molar-refractivity contribution in [2.24, 2.45) is 0 Å². The van der Waals surface area contributed by atoms with E-state index in [1.54, 1.807) is 26.2 Å². The van der Waals surface area contributed by atoms with Gasteiger partial charge >= 0.3 is 12.1 Å². The van der Waals surface area contributed by atoms with Crippen LogP contribution in [0.15, 0.2) is 53.4 Å². The number of hydrogen-bond acceptors (Lipinski definition) is 7. The summed E-state index contributed by atoms with van der Waals surface area (Å²) in [4.78, 5) is 37.7. The smallest absolute Gasteiger partial charge is 0.414 e. The van der Waals surface area contributed by atoms with E-state index in [2.05, 4.69) is 5.32 Å². The highest BCUT2D eigenvalue weighted by atomic mass is 32.2. The van der Waals surface area contributed by atoms with E-state index in [0.717, 1.165) is 4.31 Å². The second-order valence-electron chi connectivity index (χ2n) is 8.35.